The van der Waals surface area contributed by atoms with Crippen LogP contribution in [0.4, 0.5) is 15.8 Å². The monoisotopic (exact) mass is 469 g/mol. The van der Waals surface area contributed by atoms with Gasteiger partial charge in [-0.15, -0.1) is 0 Å². The van der Waals surface area contributed by atoms with E-state index in [1.807, 2.05) is 0 Å². The molecule has 0 aromatic heterocycles. The average Bonchev–Trinajstić information content (AvgIpc) is 2.86. The molecular formula is C27H33ClFN3O. The number of piperazine rings is 1. The largest absolute Gasteiger partial charge is 0.380 e. The quantitative estimate of drug-likeness (QED) is 0.623. The van der Waals surface area contributed by atoms with Crippen molar-refractivity contribution in [3.63, 3.8) is 0 Å². The van der Waals surface area contributed by atoms with Crippen LogP contribution in [0.15, 0.2) is 42.5 Å². The lowest BCUT2D eigenvalue weighted by atomic mass is 9.80. The first-order valence-electron chi connectivity index (χ1n) is 12.4. The first-order chi connectivity index (χ1) is 16.1. The molecule has 0 amide bonds. The van der Waals surface area contributed by atoms with Gasteiger partial charge >= 0.3 is 0 Å². The topological polar surface area (TPSA) is 35.6 Å². The Bertz CT molecular complexity index is 985. The van der Waals surface area contributed by atoms with Gasteiger partial charge in [-0.2, -0.15) is 0 Å². The Morgan fingerprint density at radius 3 is 2.55 bits per heavy atom. The van der Waals surface area contributed by atoms with Gasteiger partial charge in [0, 0.05) is 48.8 Å². The number of carbonyl (C=O) groups is 1. The molecule has 2 atom stereocenters. The number of fused-ring (bicyclic) bond motifs is 1. The van der Waals surface area contributed by atoms with Crippen molar-refractivity contribution >= 4 is 28.8 Å². The molecule has 1 N–H and O–H groups in total. The second kappa shape index (κ2) is 10.0. The van der Waals surface area contributed by atoms with Crippen LogP contribution in [0.3, 0.4) is 0 Å². The summed E-state index contributed by atoms with van der Waals surface area (Å²) in [4.78, 5) is 18.3. The van der Waals surface area contributed by atoms with Gasteiger partial charge in [0.25, 0.3) is 0 Å². The summed E-state index contributed by atoms with van der Waals surface area (Å²) in [5.74, 6) is 0.341. The number of nitrogens with zero attached hydrogens (tertiary/aromatic N) is 2. The summed E-state index contributed by atoms with van der Waals surface area (Å²) in [6, 6.07) is 13.2. The number of ketones is 1. The van der Waals surface area contributed by atoms with Crippen LogP contribution in [-0.2, 0) is 11.2 Å². The minimum atomic E-state index is -0.242. The Morgan fingerprint density at radius 1 is 1.00 bits per heavy atom. The third kappa shape index (κ3) is 4.90. The first-order valence-corrected chi connectivity index (χ1v) is 12.8. The van der Waals surface area contributed by atoms with Crippen LogP contribution in [0, 0.1) is 11.7 Å². The standard InChI is InChI=1S/C27H33ClFN3O/c28-21-11-12-22(29)25(18-21)31-14-16-32(17-15-31)26(27(33)20-7-2-1-3-8-20)24-13-10-19-6-4-5-9-23(19)30-24/h4-6,9,11-12,18,20,24,26,30H,1-3,7-8,10,13-17H2. The first kappa shape index (κ1) is 22.7. The smallest absolute Gasteiger partial charge is 0.155 e. The molecule has 4 nitrogen and oxygen atoms in total. The highest BCUT2D eigenvalue weighted by Crippen LogP contribution is 2.33. The molecule has 1 saturated carbocycles. The normalized spacial score (nSPS) is 23.0. The zero-order valence-corrected chi connectivity index (χ0v) is 19.9. The number of Topliss-reactive ketones (excluding diaryl/α,β-unsaturated/α-hetero) is 1. The number of nitrogens with one attached hydrogen (secondary N) is 1. The number of hydrogen-bond acceptors (Lipinski definition) is 4. The maximum Gasteiger partial charge on any atom is 0.155 e. The van der Waals surface area contributed by atoms with Crippen molar-refractivity contribution in [3.05, 3.63) is 58.9 Å². The van der Waals surface area contributed by atoms with E-state index in [9.17, 15) is 9.18 Å². The van der Waals surface area contributed by atoms with Crippen molar-refractivity contribution in [2.24, 2.45) is 5.92 Å². The fourth-order valence-corrected chi connectivity index (χ4v) is 6.10. The molecule has 1 aliphatic carbocycles. The Morgan fingerprint density at radius 2 is 1.76 bits per heavy atom. The summed E-state index contributed by atoms with van der Waals surface area (Å²) >= 11 is 6.13. The Kier molecular flexibility index (Phi) is 6.89. The van der Waals surface area contributed by atoms with Gasteiger partial charge in [0.1, 0.15) is 5.82 Å². The summed E-state index contributed by atoms with van der Waals surface area (Å²) in [6.07, 6.45) is 7.56. The lowest BCUT2D eigenvalue weighted by Crippen LogP contribution is -2.60. The molecule has 2 unspecified atom stereocenters. The zero-order valence-electron chi connectivity index (χ0n) is 19.1. The molecule has 2 heterocycles. The summed E-state index contributed by atoms with van der Waals surface area (Å²) in [6.45, 7) is 2.87. The van der Waals surface area contributed by atoms with Crippen LogP contribution in [0.1, 0.15) is 44.1 Å². The van der Waals surface area contributed by atoms with E-state index in [-0.39, 0.29) is 23.8 Å². The molecule has 6 heteroatoms. The fraction of sp³-hybridized carbons (Fsp3) is 0.519. The predicted molar refractivity (Wildman–Crippen MR) is 133 cm³/mol. The van der Waals surface area contributed by atoms with E-state index in [1.54, 1.807) is 12.1 Å². The lowest BCUT2D eigenvalue weighted by molar-refractivity contribution is -0.130. The van der Waals surface area contributed by atoms with Crippen LogP contribution in [0.2, 0.25) is 5.02 Å². The lowest BCUT2D eigenvalue weighted by Gasteiger charge is -2.45. The van der Waals surface area contributed by atoms with Gasteiger partial charge in [-0.3, -0.25) is 9.69 Å². The third-order valence-corrected chi connectivity index (χ3v) is 7.95. The van der Waals surface area contributed by atoms with Crippen molar-refractivity contribution in [2.45, 2.75) is 57.0 Å². The highest BCUT2D eigenvalue weighted by molar-refractivity contribution is 6.30. The van der Waals surface area contributed by atoms with Crippen LogP contribution in [-0.4, -0.2) is 48.9 Å². The molecule has 3 aliphatic rings. The fourth-order valence-electron chi connectivity index (χ4n) is 5.93. The summed E-state index contributed by atoms with van der Waals surface area (Å²) in [7, 11) is 0. The third-order valence-electron chi connectivity index (χ3n) is 7.72. The molecule has 0 bridgehead atoms. The van der Waals surface area contributed by atoms with Crippen molar-refractivity contribution in [3.8, 4) is 0 Å². The number of hydrogen-bond donors (Lipinski definition) is 1. The summed E-state index contributed by atoms with van der Waals surface area (Å²) in [5, 5.41) is 4.27. The summed E-state index contributed by atoms with van der Waals surface area (Å²) < 4.78 is 14.4. The Hall–Kier alpha value is -2.11. The second-order valence-electron chi connectivity index (χ2n) is 9.75. The number of anilines is 2. The number of benzene rings is 2. The highest BCUT2D eigenvalue weighted by atomic mass is 35.5. The van der Waals surface area contributed by atoms with Crippen LogP contribution >= 0.6 is 11.6 Å². The molecule has 33 heavy (non-hydrogen) atoms. The minimum Gasteiger partial charge on any atom is -0.380 e. The Labute approximate surface area is 201 Å². The highest BCUT2D eigenvalue weighted by Gasteiger charge is 2.40. The minimum absolute atomic E-state index is 0.115. The van der Waals surface area contributed by atoms with E-state index >= 15 is 0 Å². The molecule has 5 rings (SSSR count). The van der Waals surface area contributed by atoms with Gasteiger partial charge in [0.05, 0.1) is 11.7 Å². The van der Waals surface area contributed by atoms with Gasteiger partial charge in [-0.05, 0) is 55.5 Å². The van der Waals surface area contributed by atoms with Crippen LogP contribution in [0.5, 0.6) is 0 Å². The molecule has 176 valence electrons. The van der Waals surface area contributed by atoms with E-state index in [2.05, 4.69) is 39.4 Å². The number of para-hydroxylation sites is 1. The molecule has 0 spiro atoms. The zero-order chi connectivity index (χ0) is 22.8. The molecule has 2 aliphatic heterocycles. The molecule has 1 saturated heterocycles. The summed E-state index contributed by atoms with van der Waals surface area (Å²) in [5.41, 5.74) is 3.05. The molecule has 0 radical (unpaired) electrons. The molecule has 2 aromatic carbocycles. The van der Waals surface area contributed by atoms with Crippen molar-refractivity contribution < 1.29 is 9.18 Å². The Balaban J connectivity index is 1.35. The predicted octanol–water partition coefficient (Wildman–Crippen LogP) is 5.55. The number of carbonyl (C=O) groups excluding carboxylic acids is 1. The van der Waals surface area contributed by atoms with Crippen molar-refractivity contribution in [1.82, 2.24) is 4.90 Å². The SMILES string of the molecule is O=C(C1CCCCC1)C(C1CCc2ccccc2N1)N1CCN(c2cc(Cl)ccc2F)CC1. The van der Waals surface area contributed by atoms with Crippen LogP contribution in [0.25, 0.3) is 0 Å². The number of halogens is 2. The van der Waals surface area contributed by atoms with Gasteiger partial charge in [0.15, 0.2) is 5.78 Å². The van der Waals surface area contributed by atoms with Crippen LogP contribution < -0.4 is 10.2 Å². The van der Waals surface area contributed by atoms with E-state index < -0.39 is 0 Å². The average molecular weight is 470 g/mol. The van der Waals surface area contributed by atoms with E-state index in [0.29, 0.717) is 29.6 Å². The van der Waals surface area contributed by atoms with Gasteiger partial charge in [-0.1, -0.05) is 49.1 Å². The second-order valence-corrected chi connectivity index (χ2v) is 10.2. The maximum absolute atomic E-state index is 14.4. The number of rotatable bonds is 5. The van der Waals surface area contributed by atoms with Crippen molar-refractivity contribution in [1.29, 1.82) is 0 Å². The molecule has 2 fully saturated rings. The molecule has 2 aromatic rings. The van der Waals surface area contributed by atoms with E-state index in [4.69, 9.17) is 11.6 Å². The van der Waals surface area contributed by atoms with Crippen molar-refractivity contribution in [2.75, 3.05) is 36.4 Å². The molecular weight excluding hydrogens is 437 g/mol. The van der Waals surface area contributed by atoms with E-state index in [0.717, 1.165) is 57.3 Å². The maximum atomic E-state index is 14.4. The van der Waals surface area contributed by atoms with E-state index in [1.165, 1.54) is 18.1 Å². The van der Waals surface area contributed by atoms with Gasteiger partial charge in [0.2, 0.25) is 0 Å². The van der Waals surface area contributed by atoms with Gasteiger partial charge < -0.3 is 10.2 Å². The van der Waals surface area contributed by atoms with Gasteiger partial charge in [-0.25, -0.2) is 4.39 Å². The number of aryl methyl sites for hydroxylation is 1.